The van der Waals surface area contributed by atoms with Crippen molar-refractivity contribution in [3.63, 3.8) is 0 Å². The first-order valence-electron chi connectivity index (χ1n) is 13.6. The van der Waals surface area contributed by atoms with E-state index >= 15 is 0 Å². The number of aromatic nitrogens is 4. The van der Waals surface area contributed by atoms with Gasteiger partial charge < -0.3 is 49.9 Å². The fourth-order valence-corrected chi connectivity index (χ4v) is 6.94. The lowest BCUT2D eigenvalue weighted by Crippen LogP contribution is -2.46. The summed E-state index contributed by atoms with van der Waals surface area (Å²) < 4.78 is 51.6. The number of aliphatic hydroxyl groups excluding tert-OH is 4. The minimum atomic E-state index is -5.61. The van der Waals surface area contributed by atoms with E-state index in [4.69, 9.17) is 19.7 Å². The molecule has 2 aromatic heterocycles. The first kappa shape index (κ1) is 34.3. The summed E-state index contributed by atoms with van der Waals surface area (Å²) in [5.41, 5.74) is 7.44. The third kappa shape index (κ3) is 7.58. The Morgan fingerprint density at radius 2 is 1.70 bits per heavy atom. The van der Waals surface area contributed by atoms with Crippen molar-refractivity contribution in [3.8, 4) is 11.3 Å². The Morgan fingerprint density at radius 3 is 2.41 bits per heavy atom. The van der Waals surface area contributed by atoms with Crippen LogP contribution in [0, 0.1) is 6.92 Å². The van der Waals surface area contributed by atoms with Crippen molar-refractivity contribution in [2.24, 2.45) is 5.73 Å². The molecule has 19 nitrogen and oxygen atoms in total. The number of amides is 1. The number of nitrogens with two attached hydrogens (primary N) is 1. The highest BCUT2D eigenvalue weighted by molar-refractivity contribution is 7.60. The summed E-state index contributed by atoms with van der Waals surface area (Å²) in [4.78, 5) is 33.8. The van der Waals surface area contributed by atoms with E-state index in [9.17, 15) is 44.1 Å². The molecule has 1 aromatic carbocycles. The van der Waals surface area contributed by atoms with Crippen LogP contribution in [0.3, 0.4) is 0 Å². The van der Waals surface area contributed by atoms with Crippen molar-refractivity contribution < 1.29 is 71.5 Å². The number of pyridine rings is 1. The van der Waals surface area contributed by atoms with Crippen LogP contribution in [0.1, 0.15) is 28.4 Å². The Balaban J connectivity index is 1.14. The average molecular weight is 687 g/mol. The fraction of sp³-hybridized carbons (Fsp3) is 0.440. The summed E-state index contributed by atoms with van der Waals surface area (Å²) in [6, 6.07) is 10.2. The van der Waals surface area contributed by atoms with Gasteiger partial charge in [-0.3, -0.25) is 13.9 Å². The standard InChI is InChI=1S/C25H31N5O14P2/c1-13-5-2-3-7-15(13)16-10-30(28-27-16)25-22(34)20(32)18(43-25)12-41-46(38,39)44-45(36,37)40-11-17-19(31)21(33)24(42-17)29-8-4-6-14(9-29)23(26)35/h2-10,17-22,24-25,31-34H,11-12H2,1H3,(H3-,26,35,36,37,38,39)/t17-,18+,19-,20+,21-,22+,24-,25+/m1/s1. The minimum Gasteiger partial charge on any atom is -0.756 e. The number of aliphatic hydroxyl groups is 4. The molecule has 2 aliphatic heterocycles. The van der Waals surface area contributed by atoms with Gasteiger partial charge in [-0.25, -0.2) is 13.6 Å². The van der Waals surface area contributed by atoms with Gasteiger partial charge in [-0.2, -0.15) is 4.57 Å². The Morgan fingerprint density at radius 1 is 1.02 bits per heavy atom. The topological polar surface area (TPSA) is 282 Å². The number of carbonyl (C=O) groups is 1. The predicted octanol–water partition coefficient (Wildman–Crippen LogP) is -1.80. The van der Waals surface area contributed by atoms with Gasteiger partial charge in [-0.15, -0.1) is 5.10 Å². The normalized spacial score (nSPS) is 30.6. The Bertz CT molecular complexity index is 1660. The minimum absolute atomic E-state index is 0.0647. The van der Waals surface area contributed by atoms with Crippen LogP contribution in [0.25, 0.3) is 11.3 Å². The zero-order chi connectivity index (χ0) is 33.4. The van der Waals surface area contributed by atoms with Crippen LogP contribution in [-0.4, -0.2) is 96.1 Å². The lowest BCUT2D eigenvalue weighted by atomic mass is 10.1. The van der Waals surface area contributed by atoms with Crippen molar-refractivity contribution in [1.82, 2.24) is 15.0 Å². The number of nitrogens with zero attached hydrogens (tertiary/aromatic N) is 4. The van der Waals surface area contributed by atoms with E-state index in [1.54, 1.807) is 6.07 Å². The summed E-state index contributed by atoms with van der Waals surface area (Å²) in [6.07, 6.45) is -7.79. The number of benzene rings is 1. The quantitative estimate of drug-likeness (QED) is 0.0904. The Labute approximate surface area is 260 Å². The second kappa shape index (κ2) is 13.6. The second-order valence-corrected chi connectivity index (χ2v) is 13.5. The van der Waals surface area contributed by atoms with Gasteiger partial charge in [0.1, 0.15) is 41.8 Å². The Hall–Kier alpha value is -3.00. The number of ether oxygens (including phenoxy) is 2. The number of aryl methyl sites for hydroxylation is 1. The van der Waals surface area contributed by atoms with E-state index in [-0.39, 0.29) is 5.56 Å². The van der Waals surface area contributed by atoms with Crippen LogP contribution >= 0.6 is 15.6 Å². The lowest BCUT2D eigenvalue weighted by Gasteiger charge is -2.26. The summed E-state index contributed by atoms with van der Waals surface area (Å²) in [5, 5.41) is 49.6. The van der Waals surface area contributed by atoms with E-state index in [1.807, 2.05) is 25.1 Å². The van der Waals surface area contributed by atoms with Gasteiger partial charge in [0.05, 0.1) is 19.4 Å². The molecule has 2 saturated heterocycles. The van der Waals surface area contributed by atoms with Crippen molar-refractivity contribution in [1.29, 1.82) is 0 Å². The van der Waals surface area contributed by atoms with Gasteiger partial charge in [-0.05, 0) is 18.6 Å². The van der Waals surface area contributed by atoms with Crippen LogP contribution in [-0.2, 0) is 32.0 Å². The monoisotopic (exact) mass is 687 g/mol. The van der Waals surface area contributed by atoms with E-state index in [0.717, 1.165) is 15.8 Å². The molecule has 0 spiro atoms. The van der Waals surface area contributed by atoms with Gasteiger partial charge in [0, 0.05) is 11.6 Å². The van der Waals surface area contributed by atoms with Gasteiger partial charge in [0.25, 0.3) is 20.0 Å². The average Bonchev–Trinajstić information content (AvgIpc) is 3.67. The van der Waals surface area contributed by atoms with Crippen molar-refractivity contribution in [2.75, 3.05) is 13.2 Å². The maximum absolute atomic E-state index is 12.4. The van der Waals surface area contributed by atoms with Crippen molar-refractivity contribution in [3.05, 3.63) is 66.1 Å². The molecule has 4 heterocycles. The molecule has 0 radical (unpaired) electrons. The van der Waals surface area contributed by atoms with Gasteiger partial charge >= 0.3 is 7.82 Å². The lowest BCUT2D eigenvalue weighted by molar-refractivity contribution is -0.765. The molecular formula is C25H31N5O14P2. The summed E-state index contributed by atoms with van der Waals surface area (Å²) in [7, 11) is -11.0. The van der Waals surface area contributed by atoms with Crippen LogP contribution in [0.4, 0.5) is 0 Å². The molecule has 2 aliphatic rings. The van der Waals surface area contributed by atoms with Gasteiger partial charge in [0.15, 0.2) is 24.7 Å². The third-order valence-corrected chi connectivity index (χ3v) is 9.84. The summed E-state index contributed by atoms with van der Waals surface area (Å²) >= 11 is 0. The molecule has 5 rings (SSSR count). The summed E-state index contributed by atoms with van der Waals surface area (Å²) in [5.74, 6) is -0.768. The molecule has 0 saturated carbocycles. The third-order valence-electron chi connectivity index (χ3n) is 7.27. The molecule has 0 aliphatic carbocycles. The molecule has 2 unspecified atom stereocenters. The highest BCUT2D eigenvalue weighted by Gasteiger charge is 2.49. The number of rotatable bonds is 12. The molecule has 7 N–H and O–H groups in total. The number of carbonyl (C=O) groups excluding carboxylic acids is 1. The van der Waals surface area contributed by atoms with Crippen LogP contribution in [0.5, 0.6) is 0 Å². The number of phosphoric acid groups is 2. The fourth-order valence-electron chi connectivity index (χ4n) is 4.89. The molecule has 10 atom stereocenters. The molecule has 0 bridgehead atoms. The van der Waals surface area contributed by atoms with Gasteiger partial charge in [-0.1, -0.05) is 29.5 Å². The predicted molar refractivity (Wildman–Crippen MR) is 148 cm³/mol. The highest BCUT2D eigenvalue weighted by Crippen LogP contribution is 2.58. The largest absolute Gasteiger partial charge is 0.756 e. The first-order chi connectivity index (χ1) is 21.7. The van der Waals surface area contributed by atoms with Crippen LogP contribution in [0.15, 0.2) is 55.0 Å². The summed E-state index contributed by atoms with van der Waals surface area (Å²) in [6.45, 7) is 0.0152. The zero-order valence-electron chi connectivity index (χ0n) is 23.9. The molecule has 2 fully saturated rings. The van der Waals surface area contributed by atoms with Crippen LogP contribution in [0.2, 0.25) is 0 Å². The molecular weight excluding hydrogens is 656 g/mol. The molecule has 1 amide bonds. The van der Waals surface area contributed by atoms with E-state index in [2.05, 4.69) is 19.1 Å². The Kier molecular flexibility index (Phi) is 10.2. The number of primary amides is 1. The van der Waals surface area contributed by atoms with Crippen molar-refractivity contribution >= 4 is 21.6 Å². The maximum atomic E-state index is 12.4. The second-order valence-electron chi connectivity index (χ2n) is 10.5. The number of hydrogen-bond acceptors (Lipinski definition) is 15. The SMILES string of the molecule is Cc1ccccc1-c1cn([C@H]2O[C@@H](COP(=O)(O)OP(=O)([O-])OC[C@H]3O[C@@H]([n+]4cccc(C(N)=O)c4)[C@H](O)[C@@H]3O)[C@H](O)[C@@H]2O)nn1. The number of hydrogen-bond donors (Lipinski definition) is 6. The molecule has 3 aromatic rings. The van der Waals surface area contributed by atoms with E-state index in [0.29, 0.717) is 5.69 Å². The zero-order valence-corrected chi connectivity index (χ0v) is 25.7. The molecule has 21 heteroatoms. The van der Waals surface area contributed by atoms with Crippen molar-refractivity contribution in [2.45, 2.75) is 56.0 Å². The van der Waals surface area contributed by atoms with Gasteiger partial charge in [0.2, 0.25) is 0 Å². The van der Waals surface area contributed by atoms with E-state index < -0.39 is 83.8 Å². The smallest absolute Gasteiger partial charge is 0.478 e. The molecule has 46 heavy (non-hydrogen) atoms. The molecule has 250 valence electrons. The first-order valence-corrected chi connectivity index (χ1v) is 16.6. The van der Waals surface area contributed by atoms with E-state index in [1.165, 1.54) is 35.3 Å². The maximum Gasteiger partial charge on any atom is 0.478 e. The highest BCUT2D eigenvalue weighted by atomic mass is 31.3. The van der Waals surface area contributed by atoms with Crippen LogP contribution < -0.4 is 15.2 Å². The number of phosphoric ester groups is 2.